The third-order valence-corrected chi connectivity index (χ3v) is 2.12. The Balaban J connectivity index is 0.000000316. The first-order valence-corrected chi connectivity index (χ1v) is 5.07. The zero-order valence-corrected chi connectivity index (χ0v) is 11.8. The summed E-state index contributed by atoms with van der Waals surface area (Å²) in [5, 5.41) is 0. The van der Waals surface area contributed by atoms with E-state index in [1.807, 2.05) is 0 Å². The number of hydrogen-bond donors (Lipinski definition) is 1. The van der Waals surface area contributed by atoms with E-state index in [1.165, 1.54) is 25.7 Å². The summed E-state index contributed by atoms with van der Waals surface area (Å²) in [6.07, 6.45) is 9.65. The Labute approximate surface area is 121 Å². The number of rotatable bonds is 2. The number of nitrogens with two attached hydrogens (primary N) is 1. The molecule has 0 radical (unpaired) electrons. The van der Waals surface area contributed by atoms with Crippen LogP contribution in [0.4, 0.5) is 8.78 Å². The molecule has 0 unspecified atom stereocenters. The van der Waals surface area contributed by atoms with Crippen molar-refractivity contribution in [1.29, 1.82) is 0 Å². The van der Waals surface area contributed by atoms with Gasteiger partial charge in [-0.05, 0) is 25.2 Å². The molecule has 0 saturated heterocycles. The van der Waals surface area contributed by atoms with E-state index in [2.05, 4.69) is 21.0 Å². The Morgan fingerprint density at radius 2 is 1.82 bits per heavy atom. The maximum atomic E-state index is 11.4. The predicted molar refractivity (Wildman–Crippen MR) is 53.9 cm³/mol. The summed E-state index contributed by atoms with van der Waals surface area (Å²) in [5.41, 5.74) is 5.53. The molecule has 0 bridgehead atoms. The number of halogens is 2. The average molecular weight is 253 g/mol. The number of nitrogens with zero attached hydrogens (tertiary/aromatic N) is 2. The fourth-order valence-corrected chi connectivity index (χ4v) is 1.37. The Morgan fingerprint density at radius 3 is 2.18 bits per heavy atom. The molecule has 1 aliphatic rings. The average Bonchev–Trinajstić information content (AvgIpc) is 2.71. The third kappa shape index (κ3) is 8.43. The summed E-state index contributed by atoms with van der Waals surface area (Å²) in [4.78, 5) is 6.69. The molecule has 0 amide bonds. The molecule has 17 heavy (non-hydrogen) atoms. The Morgan fingerprint density at radius 1 is 1.29 bits per heavy atom. The molecule has 1 aromatic rings. The first kappa shape index (κ1) is 16.7. The van der Waals surface area contributed by atoms with Crippen molar-refractivity contribution in [2.45, 2.75) is 38.3 Å². The minimum absolute atomic E-state index is 0. The second-order valence-electron chi connectivity index (χ2n) is 3.44. The minimum atomic E-state index is -2.83. The second kappa shape index (κ2) is 9.70. The van der Waals surface area contributed by atoms with Crippen LogP contribution in [0.15, 0.2) is 12.4 Å². The van der Waals surface area contributed by atoms with Gasteiger partial charge in [-0.1, -0.05) is 12.8 Å². The molecular weight excluding hydrogens is 239 g/mol. The van der Waals surface area contributed by atoms with Crippen molar-refractivity contribution >= 4 is 0 Å². The maximum absolute atomic E-state index is 11.4. The van der Waals surface area contributed by atoms with E-state index in [0.29, 0.717) is 6.04 Å². The summed E-state index contributed by atoms with van der Waals surface area (Å²) >= 11 is 0. The molecule has 0 aliphatic heterocycles. The molecule has 0 aromatic carbocycles. The molecule has 90 valence electrons. The quantitative estimate of drug-likeness (QED) is 0.529. The van der Waals surface area contributed by atoms with Crippen LogP contribution in [0, 0.1) is 6.33 Å². The second-order valence-corrected chi connectivity index (χ2v) is 3.44. The van der Waals surface area contributed by atoms with Crippen LogP contribution < -0.4 is 40.0 Å². The van der Waals surface area contributed by atoms with Crippen molar-refractivity contribution in [3.63, 3.8) is 0 Å². The van der Waals surface area contributed by atoms with Gasteiger partial charge >= 0.3 is 36.2 Å². The number of ether oxygens (including phenoxy) is 1. The third-order valence-electron chi connectivity index (χ3n) is 2.12. The summed E-state index contributed by atoms with van der Waals surface area (Å²) in [6, 6.07) is 0.546. The van der Waals surface area contributed by atoms with E-state index in [4.69, 9.17) is 5.73 Å². The fraction of sp³-hybridized carbons (Fsp3) is 0.600. The number of aromatic nitrogens is 2. The Kier molecular flexibility index (Phi) is 9.53. The molecule has 2 rings (SSSR count). The zero-order chi connectivity index (χ0) is 11.8. The standard InChI is InChI=1S/C5H3F2N2O.C5H11N.Na/c6-5(7)10-4-1-8-3-9-2-4;6-5-3-1-2-4-5;/h1-2,5H;5H,1-4,6H2;/q-1;;+1. The van der Waals surface area contributed by atoms with Crippen LogP contribution in [0.1, 0.15) is 25.7 Å². The van der Waals surface area contributed by atoms with Gasteiger partial charge in [0.15, 0.2) is 0 Å². The molecule has 2 N–H and O–H groups in total. The Bertz CT molecular complexity index is 284. The van der Waals surface area contributed by atoms with Gasteiger partial charge < -0.3 is 20.4 Å². The van der Waals surface area contributed by atoms with Gasteiger partial charge in [0.1, 0.15) is 0 Å². The molecule has 1 fully saturated rings. The summed E-state index contributed by atoms with van der Waals surface area (Å²) in [6.45, 7) is -2.83. The molecule has 7 heteroatoms. The van der Waals surface area contributed by atoms with Crippen LogP contribution in [0.2, 0.25) is 0 Å². The fourth-order valence-electron chi connectivity index (χ4n) is 1.37. The molecule has 4 nitrogen and oxygen atoms in total. The van der Waals surface area contributed by atoms with Gasteiger partial charge in [0.05, 0.1) is 5.75 Å². The van der Waals surface area contributed by atoms with Crippen molar-refractivity contribution in [2.75, 3.05) is 0 Å². The van der Waals surface area contributed by atoms with E-state index < -0.39 is 6.61 Å². The Hall–Kier alpha value is -0.300. The summed E-state index contributed by atoms with van der Waals surface area (Å²) < 4.78 is 26.8. The van der Waals surface area contributed by atoms with Gasteiger partial charge in [0, 0.05) is 12.4 Å². The molecular formula is C10H14F2N3NaO. The number of hydrogen-bond acceptors (Lipinski definition) is 4. The predicted octanol–water partition coefficient (Wildman–Crippen LogP) is -1.23. The SMILES string of the molecule is FC(F)Oc1cn[c-]nc1.NC1CCCC1.[Na+]. The smallest absolute Gasteiger partial charge is 0.458 e. The van der Waals surface area contributed by atoms with Crippen molar-refractivity contribution in [1.82, 2.24) is 9.97 Å². The van der Waals surface area contributed by atoms with E-state index in [1.54, 1.807) is 0 Å². The van der Waals surface area contributed by atoms with Gasteiger partial charge in [-0.2, -0.15) is 8.78 Å². The maximum Gasteiger partial charge on any atom is 1.00 e. The molecule has 0 spiro atoms. The van der Waals surface area contributed by atoms with Gasteiger partial charge in [0.2, 0.25) is 0 Å². The van der Waals surface area contributed by atoms with Crippen molar-refractivity contribution < 1.29 is 43.1 Å². The number of alkyl halides is 2. The van der Waals surface area contributed by atoms with E-state index in [-0.39, 0.29) is 35.3 Å². The zero-order valence-electron chi connectivity index (χ0n) is 9.77. The van der Waals surface area contributed by atoms with Crippen LogP contribution in [0.5, 0.6) is 5.75 Å². The van der Waals surface area contributed by atoms with Gasteiger partial charge in [-0.15, -0.1) is 0 Å². The van der Waals surface area contributed by atoms with E-state index in [9.17, 15) is 8.78 Å². The largest absolute Gasteiger partial charge is 1.00 e. The molecule has 0 atom stereocenters. The summed E-state index contributed by atoms with van der Waals surface area (Å²) in [7, 11) is 0. The molecule has 1 heterocycles. The van der Waals surface area contributed by atoms with Gasteiger partial charge in [-0.3, -0.25) is 0 Å². The monoisotopic (exact) mass is 253 g/mol. The molecule has 1 aromatic heterocycles. The normalized spacial score (nSPS) is 14.8. The van der Waals surface area contributed by atoms with Crippen molar-refractivity contribution in [3.8, 4) is 5.75 Å². The molecule has 1 saturated carbocycles. The van der Waals surface area contributed by atoms with Crippen LogP contribution in [0.25, 0.3) is 0 Å². The van der Waals surface area contributed by atoms with Crippen molar-refractivity contribution in [3.05, 3.63) is 18.7 Å². The van der Waals surface area contributed by atoms with Crippen LogP contribution >= 0.6 is 0 Å². The van der Waals surface area contributed by atoms with E-state index in [0.717, 1.165) is 12.4 Å². The minimum Gasteiger partial charge on any atom is -0.458 e. The first-order valence-electron chi connectivity index (χ1n) is 5.07. The van der Waals surface area contributed by atoms with Crippen LogP contribution in [-0.4, -0.2) is 22.6 Å². The molecule has 1 aliphatic carbocycles. The van der Waals surface area contributed by atoms with Gasteiger partial charge in [-0.25, -0.2) is 0 Å². The van der Waals surface area contributed by atoms with Crippen LogP contribution in [-0.2, 0) is 0 Å². The van der Waals surface area contributed by atoms with Crippen LogP contribution in [0.3, 0.4) is 0 Å². The summed E-state index contributed by atoms with van der Waals surface area (Å²) in [5.74, 6) is -0.0613. The van der Waals surface area contributed by atoms with Gasteiger partial charge in [0.25, 0.3) is 0 Å². The first-order chi connectivity index (χ1) is 7.68. The van der Waals surface area contributed by atoms with Crippen molar-refractivity contribution in [2.24, 2.45) is 5.73 Å². The topological polar surface area (TPSA) is 61.0 Å². The van der Waals surface area contributed by atoms with E-state index >= 15 is 0 Å².